The number of ether oxygens (including phenoxy) is 1. The van der Waals surface area contributed by atoms with Crippen molar-refractivity contribution >= 4 is 17.6 Å². The summed E-state index contributed by atoms with van der Waals surface area (Å²) in [5, 5.41) is 3.89. The second-order valence-corrected chi connectivity index (χ2v) is 6.41. The van der Waals surface area contributed by atoms with Gasteiger partial charge in [0, 0.05) is 10.9 Å². The van der Waals surface area contributed by atoms with E-state index in [-0.39, 0.29) is 5.97 Å². The molecule has 0 unspecified atom stereocenters. The van der Waals surface area contributed by atoms with Crippen molar-refractivity contribution in [1.29, 1.82) is 0 Å². The Morgan fingerprint density at radius 3 is 2.65 bits per heavy atom. The standard InChI is InChI=1S/C16H22ClNO2/c1-11-4-5-13(17)10-14(11)15(19)20-16(2,3)12-6-8-18-9-7-12/h4-5,10,12,18H,6-9H2,1-3H3. The summed E-state index contributed by atoms with van der Waals surface area (Å²) in [5.74, 6) is 0.112. The van der Waals surface area contributed by atoms with Crippen LogP contribution in [0, 0.1) is 12.8 Å². The van der Waals surface area contributed by atoms with Gasteiger partial charge in [0.05, 0.1) is 5.56 Å². The average molecular weight is 296 g/mol. The molecule has 0 aromatic heterocycles. The highest BCUT2D eigenvalue weighted by molar-refractivity contribution is 6.31. The van der Waals surface area contributed by atoms with Crippen LogP contribution in [0.5, 0.6) is 0 Å². The van der Waals surface area contributed by atoms with Gasteiger partial charge in [-0.15, -0.1) is 0 Å². The molecule has 1 heterocycles. The van der Waals surface area contributed by atoms with Gasteiger partial charge in [0.15, 0.2) is 0 Å². The van der Waals surface area contributed by atoms with Gasteiger partial charge in [0.25, 0.3) is 0 Å². The van der Waals surface area contributed by atoms with Crippen LogP contribution in [0.1, 0.15) is 42.6 Å². The van der Waals surface area contributed by atoms with Crippen molar-refractivity contribution in [3.05, 3.63) is 34.3 Å². The van der Waals surface area contributed by atoms with E-state index in [1.807, 2.05) is 26.8 Å². The molecule has 0 bridgehead atoms. The van der Waals surface area contributed by atoms with E-state index in [2.05, 4.69) is 5.32 Å². The Morgan fingerprint density at radius 2 is 2.00 bits per heavy atom. The lowest BCUT2D eigenvalue weighted by Gasteiger charge is -2.36. The molecule has 20 heavy (non-hydrogen) atoms. The van der Waals surface area contributed by atoms with Gasteiger partial charge in [-0.25, -0.2) is 4.79 Å². The van der Waals surface area contributed by atoms with Gasteiger partial charge in [0.2, 0.25) is 0 Å². The lowest BCUT2D eigenvalue weighted by molar-refractivity contribution is -0.0368. The lowest BCUT2D eigenvalue weighted by atomic mass is 9.83. The third-order valence-electron chi connectivity index (χ3n) is 4.10. The first kappa shape index (κ1) is 15.3. The molecule has 0 amide bonds. The number of aryl methyl sites for hydroxylation is 1. The predicted octanol–water partition coefficient (Wildman–Crippen LogP) is 3.58. The zero-order chi connectivity index (χ0) is 14.8. The Kier molecular flexibility index (Phi) is 4.71. The van der Waals surface area contributed by atoms with E-state index in [9.17, 15) is 4.79 Å². The molecule has 110 valence electrons. The van der Waals surface area contributed by atoms with Crippen molar-refractivity contribution in [3.8, 4) is 0 Å². The molecule has 4 heteroatoms. The summed E-state index contributed by atoms with van der Waals surface area (Å²) in [7, 11) is 0. The maximum atomic E-state index is 12.4. The molecular weight excluding hydrogens is 274 g/mol. The van der Waals surface area contributed by atoms with Crippen LogP contribution < -0.4 is 5.32 Å². The summed E-state index contributed by atoms with van der Waals surface area (Å²) in [6.45, 7) is 7.87. The Morgan fingerprint density at radius 1 is 1.35 bits per heavy atom. The normalized spacial score (nSPS) is 17.0. The maximum Gasteiger partial charge on any atom is 0.338 e. The van der Waals surface area contributed by atoms with Crippen LogP contribution >= 0.6 is 11.6 Å². The number of rotatable bonds is 3. The zero-order valence-corrected chi connectivity index (χ0v) is 13.1. The SMILES string of the molecule is Cc1ccc(Cl)cc1C(=O)OC(C)(C)C1CCNCC1. The molecule has 1 aromatic rings. The first-order chi connectivity index (χ1) is 9.40. The monoisotopic (exact) mass is 295 g/mol. The lowest BCUT2D eigenvalue weighted by Crippen LogP contribution is -2.42. The highest BCUT2D eigenvalue weighted by Gasteiger charge is 2.34. The molecule has 1 N–H and O–H groups in total. The molecule has 1 aliphatic heterocycles. The molecule has 3 nitrogen and oxygen atoms in total. The number of benzene rings is 1. The van der Waals surface area contributed by atoms with Gasteiger partial charge in [-0.1, -0.05) is 17.7 Å². The van der Waals surface area contributed by atoms with Crippen molar-refractivity contribution in [2.45, 2.75) is 39.2 Å². The fraction of sp³-hybridized carbons (Fsp3) is 0.562. The van der Waals surface area contributed by atoms with Crippen molar-refractivity contribution in [2.24, 2.45) is 5.92 Å². The van der Waals surface area contributed by atoms with E-state index in [0.717, 1.165) is 31.5 Å². The minimum absolute atomic E-state index is 0.284. The molecule has 1 saturated heterocycles. The van der Waals surface area contributed by atoms with Gasteiger partial charge in [-0.05, 0) is 64.4 Å². The molecule has 0 radical (unpaired) electrons. The molecule has 0 spiro atoms. The minimum Gasteiger partial charge on any atom is -0.456 e. The Balaban J connectivity index is 2.11. The van der Waals surface area contributed by atoms with Gasteiger partial charge >= 0.3 is 5.97 Å². The molecule has 1 aromatic carbocycles. The fourth-order valence-corrected chi connectivity index (χ4v) is 2.88. The van der Waals surface area contributed by atoms with Crippen molar-refractivity contribution in [2.75, 3.05) is 13.1 Å². The third kappa shape index (κ3) is 3.53. The smallest absolute Gasteiger partial charge is 0.338 e. The zero-order valence-electron chi connectivity index (χ0n) is 12.3. The molecule has 0 atom stereocenters. The summed E-state index contributed by atoms with van der Waals surface area (Å²) in [6, 6.07) is 5.31. The number of esters is 1. The summed E-state index contributed by atoms with van der Waals surface area (Å²) in [6.07, 6.45) is 2.07. The fourth-order valence-electron chi connectivity index (χ4n) is 2.71. The van der Waals surface area contributed by atoms with Crippen LogP contribution in [0.2, 0.25) is 5.02 Å². The summed E-state index contributed by atoms with van der Waals surface area (Å²) in [4.78, 5) is 12.4. The molecule has 2 rings (SSSR count). The van der Waals surface area contributed by atoms with Crippen molar-refractivity contribution in [1.82, 2.24) is 5.32 Å². The van der Waals surface area contributed by atoms with Crippen LogP contribution in [-0.4, -0.2) is 24.7 Å². The van der Waals surface area contributed by atoms with E-state index in [0.29, 0.717) is 16.5 Å². The summed E-state index contributed by atoms with van der Waals surface area (Å²) in [5.41, 5.74) is 0.994. The second kappa shape index (κ2) is 6.15. The van der Waals surface area contributed by atoms with E-state index in [1.54, 1.807) is 12.1 Å². The van der Waals surface area contributed by atoms with Crippen molar-refractivity contribution in [3.63, 3.8) is 0 Å². The van der Waals surface area contributed by atoms with E-state index in [4.69, 9.17) is 16.3 Å². The number of piperidine rings is 1. The molecule has 0 aliphatic carbocycles. The van der Waals surface area contributed by atoms with Gasteiger partial charge < -0.3 is 10.1 Å². The van der Waals surface area contributed by atoms with Gasteiger partial charge in [-0.3, -0.25) is 0 Å². The Hall–Kier alpha value is -1.06. The predicted molar refractivity (Wildman–Crippen MR) is 81.3 cm³/mol. The quantitative estimate of drug-likeness (QED) is 0.866. The van der Waals surface area contributed by atoms with Gasteiger partial charge in [-0.2, -0.15) is 0 Å². The molecule has 0 saturated carbocycles. The van der Waals surface area contributed by atoms with E-state index in [1.165, 1.54) is 0 Å². The minimum atomic E-state index is -0.450. The van der Waals surface area contributed by atoms with Gasteiger partial charge in [0.1, 0.15) is 5.60 Å². The number of hydrogen-bond acceptors (Lipinski definition) is 3. The summed E-state index contributed by atoms with van der Waals surface area (Å²) < 4.78 is 5.77. The first-order valence-corrected chi connectivity index (χ1v) is 7.48. The Labute approximate surface area is 125 Å². The van der Waals surface area contributed by atoms with Crippen LogP contribution in [0.3, 0.4) is 0 Å². The average Bonchev–Trinajstić information content (AvgIpc) is 2.42. The first-order valence-electron chi connectivity index (χ1n) is 7.10. The highest BCUT2D eigenvalue weighted by Crippen LogP contribution is 2.30. The van der Waals surface area contributed by atoms with Crippen LogP contribution in [0.15, 0.2) is 18.2 Å². The van der Waals surface area contributed by atoms with Crippen LogP contribution in [0.25, 0.3) is 0 Å². The third-order valence-corrected chi connectivity index (χ3v) is 4.33. The number of carbonyl (C=O) groups excluding carboxylic acids is 1. The van der Waals surface area contributed by atoms with Crippen molar-refractivity contribution < 1.29 is 9.53 Å². The molecular formula is C16H22ClNO2. The molecule has 1 fully saturated rings. The maximum absolute atomic E-state index is 12.4. The largest absolute Gasteiger partial charge is 0.456 e. The highest BCUT2D eigenvalue weighted by atomic mass is 35.5. The number of carbonyl (C=O) groups is 1. The number of nitrogens with one attached hydrogen (secondary N) is 1. The Bertz CT molecular complexity index is 493. The topological polar surface area (TPSA) is 38.3 Å². The van der Waals surface area contributed by atoms with Crippen LogP contribution in [-0.2, 0) is 4.74 Å². The summed E-state index contributed by atoms with van der Waals surface area (Å²) >= 11 is 5.96. The number of halogens is 1. The van der Waals surface area contributed by atoms with E-state index >= 15 is 0 Å². The second-order valence-electron chi connectivity index (χ2n) is 5.98. The van der Waals surface area contributed by atoms with E-state index < -0.39 is 5.60 Å². The number of hydrogen-bond donors (Lipinski definition) is 1. The van der Waals surface area contributed by atoms with Crippen LogP contribution in [0.4, 0.5) is 0 Å². The molecule has 1 aliphatic rings.